The van der Waals surface area contributed by atoms with Gasteiger partial charge < -0.3 is 10.6 Å². The van der Waals surface area contributed by atoms with Gasteiger partial charge in [-0.05, 0) is 55.0 Å². The first-order valence-electron chi connectivity index (χ1n) is 5.33. The third-order valence-electron chi connectivity index (χ3n) is 1.94. The maximum Gasteiger partial charge on any atom is 0.191 e. The van der Waals surface area contributed by atoms with Crippen molar-refractivity contribution in [2.75, 3.05) is 13.6 Å². The SMILES string of the molecule is CN=C(NCCc1ccc(I)s1)NC(C)C. The van der Waals surface area contributed by atoms with E-state index < -0.39 is 0 Å². The largest absolute Gasteiger partial charge is 0.356 e. The van der Waals surface area contributed by atoms with E-state index in [0.717, 1.165) is 18.9 Å². The Hall–Kier alpha value is -0.300. The third kappa shape index (κ3) is 5.16. The fraction of sp³-hybridized carbons (Fsp3) is 0.545. The van der Waals surface area contributed by atoms with Gasteiger partial charge in [-0.1, -0.05) is 0 Å². The Balaban J connectivity index is 2.29. The van der Waals surface area contributed by atoms with Crippen molar-refractivity contribution >= 4 is 39.9 Å². The average Bonchev–Trinajstić information content (AvgIpc) is 2.62. The number of aliphatic imine (C=N–C) groups is 1. The van der Waals surface area contributed by atoms with Crippen molar-refractivity contribution in [1.82, 2.24) is 10.6 Å². The number of hydrogen-bond donors (Lipinski definition) is 2. The fourth-order valence-corrected chi connectivity index (χ4v) is 3.01. The summed E-state index contributed by atoms with van der Waals surface area (Å²) < 4.78 is 1.34. The van der Waals surface area contributed by atoms with Gasteiger partial charge in [0.05, 0.1) is 2.88 Å². The van der Waals surface area contributed by atoms with Crippen molar-refractivity contribution < 1.29 is 0 Å². The highest BCUT2D eigenvalue weighted by atomic mass is 127. The summed E-state index contributed by atoms with van der Waals surface area (Å²) >= 11 is 4.20. The zero-order valence-corrected chi connectivity index (χ0v) is 12.9. The standard InChI is InChI=1S/C11H18IN3S/c1-8(2)15-11(13-3)14-7-6-9-4-5-10(12)16-9/h4-5,8H,6-7H2,1-3H3,(H2,13,14,15). The first-order chi connectivity index (χ1) is 7.61. The lowest BCUT2D eigenvalue weighted by Crippen LogP contribution is -2.41. The predicted octanol–water partition coefficient (Wildman–Crippen LogP) is 2.47. The van der Waals surface area contributed by atoms with E-state index in [2.05, 4.69) is 64.2 Å². The van der Waals surface area contributed by atoms with Gasteiger partial charge in [-0.15, -0.1) is 11.3 Å². The van der Waals surface area contributed by atoms with Crippen LogP contribution in [0.4, 0.5) is 0 Å². The summed E-state index contributed by atoms with van der Waals surface area (Å²) in [5, 5.41) is 6.56. The first-order valence-corrected chi connectivity index (χ1v) is 7.22. The maximum absolute atomic E-state index is 4.16. The molecule has 1 aromatic rings. The zero-order chi connectivity index (χ0) is 12.0. The highest BCUT2D eigenvalue weighted by molar-refractivity contribution is 14.1. The minimum atomic E-state index is 0.411. The molecular formula is C11H18IN3S. The number of thiophene rings is 1. The summed E-state index contributed by atoms with van der Waals surface area (Å²) in [6.45, 7) is 5.13. The van der Waals surface area contributed by atoms with Crippen LogP contribution in [0.1, 0.15) is 18.7 Å². The van der Waals surface area contributed by atoms with Crippen LogP contribution in [0.5, 0.6) is 0 Å². The molecule has 0 fully saturated rings. The average molecular weight is 351 g/mol. The molecule has 0 amide bonds. The lowest BCUT2D eigenvalue weighted by atomic mass is 10.3. The van der Waals surface area contributed by atoms with Crippen LogP contribution in [0.15, 0.2) is 17.1 Å². The van der Waals surface area contributed by atoms with E-state index in [0.29, 0.717) is 6.04 Å². The van der Waals surface area contributed by atoms with Gasteiger partial charge in [0.25, 0.3) is 0 Å². The summed E-state index contributed by atoms with van der Waals surface area (Å²) in [7, 11) is 1.80. The van der Waals surface area contributed by atoms with Crippen molar-refractivity contribution in [1.29, 1.82) is 0 Å². The highest BCUT2D eigenvalue weighted by Crippen LogP contribution is 2.18. The minimum absolute atomic E-state index is 0.411. The molecule has 0 radical (unpaired) electrons. The number of hydrogen-bond acceptors (Lipinski definition) is 2. The van der Waals surface area contributed by atoms with Crippen LogP contribution in [0, 0.1) is 2.88 Å². The van der Waals surface area contributed by atoms with Gasteiger partial charge >= 0.3 is 0 Å². The molecule has 0 aliphatic rings. The van der Waals surface area contributed by atoms with E-state index in [-0.39, 0.29) is 0 Å². The highest BCUT2D eigenvalue weighted by Gasteiger charge is 2.01. The summed E-state index contributed by atoms with van der Waals surface area (Å²) in [6.07, 6.45) is 1.05. The third-order valence-corrected chi connectivity index (χ3v) is 3.90. The minimum Gasteiger partial charge on any atom is -0.356 e. The Labute approximate surface area is 115 Å². The molecule has 16 heavy (non-hydrogen) atoms. The van der Waals surface area contributed by atoms with Crippen LogP contribution in [-0.2, 0) is 6.42 Å². The van der Waals surface area contributed by atoms with Gasteiger partial charge in [-0.2, -0.15) is 0 Å². The summed E-state index contributed by atoms with van der Waals surface area (Å²) in [5.74, 6) is 0.876. The molecule has 0 aliphatic carbocycles. The Bertz CT molecular complexity index is 347. The summed E-state index contributed by atoms with van der Waals surface area (Å²) in [4.78, 5) is 5.57. The van der Waals surface area contributed by atoms with Gasteiger partial charge in [-0.25, -0.2) is 0 Å². The van der Waals surface area contributed by atoms with E-state index >= 15 is 0 Å². The van der Waals surface area contributed by atoms with Crippen molar-refractivity contribution in [3.8, 4) is 0 Å². The molecule has 1 heterocycles. The summed E-state index contributed by atoms with van der Waals surface area (Å²) in [6, 6.07) is 4.75. The van der Waals surface area contributed by atoms with E-state index in [1.165, 1.54) is 7.76 Å². The number of nitrogens with zero attached hydrogens (tertiary/aromatic N) is 1. The van der Waals surface area contributed by atoms with E-state index in [4.69, 9.17) is 0 Å². The van der Waals surface area contributed by atoms with Crippen molar-refractivity contribution in [3.63, 3.8) is 0 Å². The number of halogens is 1. The predicted molar refractivity (Wildman–Crippen MR) is 80.4 cm³/mol. The molecule has 3 nitrogen and oxygen atoms in total. The topological polar surface area (TPSA) is 36.4 Å². The number of nitrogens with one attached hydrogen (secondary N) is 2. The molecule has 0 saturated heterocycles. The number of rotatable bonds is 4. The molecule has 0 spiro atoms. The second-order valence-corrected chi connectivity index (χ2v) is 6.82. The Morgan fingerprint density at radius 3 is 2.75 bits per heavy atom. The molecule has 0 bridgehead atoms. The second-order valence-electron chi connectivity index (χ2n) is 3.75. The second kappa shape index (κ2) is 7.11. The smallest absolute Gasteiger partial charge is 0.191 e. The monoisotopic (exact) mass is 351 g/mol. The Kier molecular flexibility index (Phi) is 6.12. The van der Waals surface area contributed by atoms with Gasteiger partial charge in [0.2, 0.25) is 0 Å². The molecular weight excluding hydrogens is 333 g/mol. The first kappa shape index (κ1) is 13.8. The quantitative estimate of drug-likeness (QED) is 0.497. The lowest BCUT2D eigenvalue weighted by molar-refractivity contribution is 0.699. The van der Waals surface area contributed by atoms with Crippen LogP contribution in [0.3, 0.4) is 0 Å². The lowest BCUT2D eigenvalue weighted by Gasteiger charge is -2.13. The van der Waals surface area contributed by atoms with Crippen LogP contribution in [0.25, 0.3) is 0 Å². The normalized spacial score (nSPS) is 11.9. The molecule has 0 aromatic carbocycles. The molecule has 0 atom stereocenters. The van der Waals surface area contributed by atoms with Gasteiger partial charge in [0.15, 0.2) is 5.96 Å². The molecule has 2 N–H and O–H groups in total. The molecule has 1 rings (SSSR count). The van der Waals surface area contributed by atoms with E-state index in [1.807, 2.05) is 11.3 Å². The zero-order valence-electron chi connectivity index (χ0n) is 9.88. The van der Waals surface area contributed by atoms with Gasteiger partial charge in [0.1, 0.15) is 0 Å². The van der Waals surface area contributed by atoms with E-state index in [1.54, 1.807) is 7.05 Å². The Morgan fingerprint density at radius 1 is 1.50 bits per heavy atom. The van der Waals surface area contributed by atoms with Crippen LogP contribution < -0.4 is 10.6 Å². The summed E-state index contributed by atoms with van der Waals surface area (Å²) in [5.41, 5.74) is 0. The molecule has 0 saturated carbocycles. The molecule has 5 heteroatoms. The van der Waals surface area contributed by atoms with Crippen LogP contribution in [0.2, 0.25) is 0 Å². The van der Waals surface area contributed by atoms with Crippen LogP contribution in [-0.4, -0.2) is 25.6 Å². The molecule has 90 valence electrons. The van der Waals surface area contributed by atoms with Crippen LogP contribution >= 0.6 is 33.9 Å². The molecule has 1 aromatic heterocycles. The molecule has 0 aliphatic heterocycles. The van der Waals surface area contributed by atoms with E-state index in [9.17, 15) is 0 Å². The number of guanidine groups is 1. The fourth-order valence-electron chi connectivity index (χ4n) is 1.26. The van der Waals surface area contributed by atoms with Crippen molar-refractivity contribution in [2.45, 2.75) is 26.3 Å². The Morgan fingerprint density at radius 2 is 2.25 bits per heavy atom. The van der Waals surface area contributed by atoms with Crippen molar-refractivity contribution in [2.24, 2.45) is 4.99 Å². The van der Waals surface area contributed by atoms with Crippen molar-refractivity contribution in [3.05, 3.63) is 19.9 Å². The van der Waals surface area contributed by atoms with Gasteiger partial charge in [-0.3, -0.25) is 4.99 Å². The maximum atomic E-state index is 4.16. The molecule has 0 unspecified atom stereocenters. The van der Waals surface area contributed by atoms with Gasteiger partial charge in [0, 0.05) is 24.5 Å².